The molecule has 19 heavy (non-hydrogen) atoms. The van der Waals surface area contributed by atoms with E-state index in [2.05, 4.69) is 15.6 Å². The van der Waals surface area contributed by atoms with Crippen LogP contribution in [0.2, 0.25) is 0 Å². The summed E-state index contributed by atoms with van der Waals surface area (Å²) >= 11 is 0. The summed E-state index contributed by atoms with van der Waals surface area (Å²) in [4.78, 5) is 0. The van der Waals surface area contributed by atoms with Crippen molar-refractivity contribution in [2.24, 2.45) is 7.05 Å². The van der Waals surface area contributed by atoms with Crippen LogP contribution >= 0.6 is 0 Å². The van der Waals surface area contributed by atoms with Crippen LogP contribution < -0.4 is 10.1 Å². The van der Waals surface area contributed by atoms with Gasteiger partial charge in [-0.1, -0.05) is 24.3 Å². The molecule has 0 saturated heterocycles. The second-order valence-electron chi connectivity index (χ2n) is 4.18. The minimum Gasteiger partial charge on any atom is -0.484 e. The first-order chi connectivity index (χ1) is 9.20. The van der Waals surface area contributed by atoms with Crippen LogP contribution in [0.25, 0.3) is 0 Å². The molecule has 6 heteroatoms. The lowest BCUT2D eigenvalue weighted by Gasteiger charge is -2.11. The molecule has 2 rings (SSSR count). The molecule has 0 fully saturated rings. The number of para-hydroxylation sites is 1. The summed E-state index contributed by atoms with van der Waals surface area (Å²) in [6.45, 7) is 3.59. The average molecular weight is 264 g/mol. The minimum atomic E-state index is -0.362. The predicted octanol–water partition coefficient (Wildman–Crippen LogP) is 1.64. The van der Waals surface area contributed by atoms with Crippen molar-refractivity contribution in [3.63, 3.8) is 0 Å². The Bertz CT molecular complexity index is 541. The lowest BCUT2D eigenvalue weighted by molar-refractivity contribution is 0.281. The summed E-state index contributed by atoms with van der Waals surface area (Å²) in [6.07, 6.45) is 1.74. The van der Waals surface area contributed by atoms with Gasteiger partial charge in [-0.05, 0) is 12.6 Å². The highest BCUT2D eigenvalue weighted by Gasteiger charge is 2.10. The molecule has 1 heterocycles. The molecule has 102 valence electrons. The number of nitrogens with zero attached hydrogens (tertiary/aromatic N) is 3. The molecule has 0 spiro atoms. The van der Waals surface area contributed by atoms with Crippen molar-refractivity contribution in [2.45, 2.75) is 20.1 Å². The van der Waals surface area contributed by atoms with E-state index in [1.54, 1.807) is 24.0 Å². The van der Waals surface area contributed by atoms with Crippen LogP contribution in [0.3, 0.4) is 0 Å². The fraction of sp³-hybridized carbons (Fsp3) is 0.385. The third-order valence-electron chi connectivity index (χ3n) is 2.63. The molecule has 0 aliphatic carbocycles. The first-order valence-electron chi connectivity index (χ1n) is 6.16. The summed E-state index contributed by atoms with van der Waals surface area (Å²) in [5.74, 6) is -0.0894. The first-order valence-corrected chi connectivity index (χ1v) is 6.16. The second-order valence-corrected chi connectivity index (χ2v) is 4.18. The van der Waals surface area contributed by atoms with Crippen LogP contribution in [-0.4, -0.2) is 21.5 Å². The lowest BCUT2D eigenvalue weighted by atomic mass is 10.2. The minimum absolute atomic E-state index is 0.202. The normalized spacial score (nSPS) is 10.7. The Balaban J connectivity index is 2.09. The number of aromatic nitrogens is 3. The summed E-state index contributed by atoms with van der Waals surface area (Å²) in [6, 6.07) is 4.91. The molecule has 0 bridgehead atoms. The topological polar surface area (TPSA) is 52.0 Å². The Morgan fingerprint density at radius 3 is 2.95 bits per heavy atom. The Morgan fingerprint density at radius 1 is 1.42 bits per heavy atom. The maximum absolute atomic E-state index is 13.8. The van der Waals surface area contributed by atoms with Gasteiger partial charge in [0.2, 0.25) is 0 Å². The Labute approximate surface area is 111 Å². The van der Waals surface area contributed by atoms with Crippen molar-refractivity contribution in [3.05, 3.63) is 41.5 Å². The van der Waals surface area contributed by atoms with E-state index in [9.17, 15) is 4.39 Å². The molecule has 1 aromatic carbocycles. The summed E-state index contributed by atoms with van der Waals surface area (Å²) in [7, 11) is 1.77. The number of halogens is 1. The van der Waals surface area contributed by atoms with Gasteiger partial charge in [0.1, 0.15) is 12.3 Å². The molecular weight excluding hydrogens is 247 g/mol. The van der Waals surface area contributed by atoms with Crippen molar-refractivity contribution in [2.75, 3.05) is 6.54 Å². The highest BCUT2D eigenvalue weighted by molar-refractivity contribution is 5.35. The van der Waals surface area contributed by atoms with Crippen LogP contribution in [0, 0.1) is 5.82 Å². The van der Waals surface area contributed by atoms with Gasteiger partial charge in [-0.3, -0.25) is 4.68 Å². The third kappa shape index (κ3) is 3.51. The SMILES string of the molecule is CCNCc1cccc(F)c1OCc1cn(C)nn1. The number of hydrogen-bond acceptors (Lipinski definition) is 4. The van der Waals surface area contributed by atoms with E-state index in [-0.39, 0.29) is 18.2 Å². The van der Waals surface area contributed by atoms with Crippen molar-refractivity contribution in [1.82, 2.24) is 20.3 Å². The highest BCUT2D eigenvalue weighted by Crippen LogP contribution is 2.23. The lowest BCUT2D eigenvalue weighted by Crippen LogP contribution is -2.13. The average Bonchev–Trinajstić information content (AvgIpc) is 2.81. The van der Waals surface area contributed by atoms with Crippen molar-refractivity contribution < 1.29 is 9.13 Å². The van der Waals surface area contributed by atoms with Crippen LogP contribution in [0.4, 0.5) is 4.39 Å². The molecule has 0 aliphatic heterocycles. The van der Waals surface area contributed by atoms with E-state index < -0.39 is 0 Å². The number of hydrogen-bond donors (Lipinski definition) is 1. The number of aryl methyl sites for hydroxylation is 1. The molecule has 0 unspecified atom stereocenters. The van der Waals surface area contributed by atoms with E-state index in [0.717, 1.165) is 12.1 Å². The zero-order valence-electron chi connectivity index (χ0n) is 11.1. The van der Waals surface area contributed by atoms with Crippen LogP contribution in [0.15, 0.2) is 24.4 Å². The zero-order valence-corrected chi connectivity index (χ0v) is 11.1. The fourth-order valence-electron chi connectivity index (χ4n) is 1.72. The predicted molar refractivity (Wildman–Crippen MR) is 69.1 cm³/mol. The largest absolute Gasteiger partial charge is 0.484 e. The van der Waals surface area contributed by atoms with Crippen molar-refractivity contribution in [1.29, 1.82) is 0 Å². The van der Waals surface area contributed by atoms with Crippen molar-refractivity contribution in [3.8, 4) is 5.75 Å². The van der Waals surface area contributed by atoms with E-state index >= 15 is 0 Å². The van der Waals surface area contributed by atoms with E-state index in [1.807, 2.05) is 13.0 Å². The summed E-state index contributed by atoms with van der Waals surface area (Å²) in [5, 5.41) is 10.9. The van der Waals surface area contributed by atoms with Gasteiger partial charge in [0, 0.05) is 19.2 Å². The van der Waals surface area contributed by atoms with Gasteiger partial charge in [-0.25, -0.2) is 4.39 Å². The fourth-order valence-corrected chi connectivity index (χ4v) is 1.72. The molecule has 0 saturated carbocycles. The molecule has 2 aromatic rings. The van der Waals surface area contributed by atoms with E-state index in [1.165, 1.54) is 6.07 Å². The van der Waals surface area contributed by atoms with Gasteiger partial charge in [-0.2, -0.15) is 0 Å². The van der Waals surface area contributed by atoms with Crippen LogP contribution in [-0.2, 0) is 20.2 Å². The van der Waals surface area contributed by atoms with Gasteiger partial charge < -0.3 is 10.1 Å². The van der Waals surface area contributed by atoms with Gasteiger partial charge in [0.25, 0.3) is 0 Å². The number of benzene rings is 1. The van der Waals surface area contributed by atoms with Gasteiger partial charge in [0.05, 0.1) is 6.20 Å². The van der Waals surface area contributed by atoms with E-state index in [4.69, 9.17) is 4.74 Å². The molecule has 1 N–H and O–H groups in total. The zero-order chi connectivity index (χ0) is 13.7. The van der Waals surface area contributed by atoms with Crippen LogP contribution in [0.5, 0.6) is 5.75 Å². The molecule has 0 radical (unpaired) electrons. The van der Waals surface area contributed by atoms with Crippen LogP contribution in [0.1, 0.15) is 18.2 Å². The third-order valence-corrected chi connectivity index (χ3v) is 2.63. The van der Waals surface area contributed by atoms with Crippen molar-refractivity contribution >= 4 is 0 Å². The van der Waals surface area contributed by atoms with Gasteiger partial charge in [-0.15, -0.1) is 5.10 Å². The molecule has 0 atom stereocenters. The Kier molecular flexibility index (Phi) is 4.46. The summed E-state index contributed by atoms with van der Waals surface area (Å²) in [5.41, 5.74) is 1.46. The monoisotopic (exact) mass is 264 g/mol. The number of ether oxygens (including phenoxy) is 1. The smallest absolute Gasteiger partial charge is 0.165 e. The summed E-state index contributed by atoms with van der Waals surface area (Å²) < 4.78 is 20.9. The maximum atomic E-state index is 13.8. The molecule has 5 nitrogen and oxygen atoms in total. The second kappa shape index (κ2) is 6.29. The Morgan fingerprint density at radius 2 is 2.26 bits per heavy atom. The quantitative estimate of drug-likeness (QED) is 0.862. The molecular formula is C13H17FN4O. The number of nitrogens with one attached hydrogen (secondary N) is 1. The molecule has 1 aromatic heterocycles. The number of rotatable bonds is 6. The Hall–Kier alpha value is -1.95. The van der Waals surface area contributed by atoms with Gasteiger partial charge >= 0.3 is 0 Å². The standard InChI is InChI=1S/C13H17FN4O/c1-3-15-7-10-5-4-6-12(14)13(10)19-9-11-8-18(2)17-16-11/h4-6,8,15H,3,7,9H2,1-2H3. The maximum Gasteiger partial charge on any atom is 0.165 e. The van der Waals surface area contributed by atoms with E-state index in [0.29, 0.717) is 12.2 Å². The first kappa shape index (κ1) is 13.5. The van der Waals surface area contributed by atoms with Gasteiger partial charge in [0.15, 0.2) is 11.6 Å². The molecule has 0 amide bonds. The highest BCUT2D eigenvalue weighted by atomic mass is 19.1. The molecule has 0 aliphatic rings.